The largest absolute Gasteiger partial charge is 0.390 e. The molecule has 110 valence electrons. The second-order valence-electron chi connectivity index (χ2n) is 5.10. The van der Waals surface area contributed by atoms with Crippen LogP contribution in [0.2, 0.25) is 0 Å². The van der Waals surface area contributed by atoms with Gasteiger partial charge in [0.2, 0.25) is 0 Å². The number of aliphatic hydroxyl groups excluding tert-OH is 1. The molecule has 0 aliphatic rings. The lowest BCUT2D eigenvalue weighted by Gasteiger charge is -2.21. The molecule has 4 nitrogen and oxygen atoms in total. The summed E-state index contributed by atoms with van der Waals surface area (Å²) in [6, 6.07) is 2.40. The predicted octanol–water partition coefficient (Wildman–Crippen LogP) is 2.96. The van der Waals surface area contributed by atoms with Crippen molar-refractivity contribution in [2.24, 2.45) is 0 Å². The Labute approximate surface area is 116 Å². The van der Waals surface area contributed by atoms with Gasteiger partial charge in [-0.05, 0) is 32.8 Å². The SMILES string of the molecule is CCCC(OCC)C(O)Cc1ccn(C(C)CC)n1. The van der Waals surface area contributed by atoms with Gasteiger partial charge in [0.15, 0.2) is 0 Å². The number of aromatic nitrogens is 2. The van der Waals surface area contributed by atoms with E-state index < -0.39 is 6.10 Å². The van der Waals surface area contributed by atoms with Crippen LogP contribution in [0.5, 0.6) is 0 Å². The van der Waals surface area contributed by atoms with Gasteiger partial charge in [-0.3, -0.25) is 4.68 Å². The molecule has 1 aromatic rings. The van der Waals surface area contributed by atoms with Crippen LogP contribution in [0.3, 0.4) is 0 Å². The van der Waals surface area contributed by atoms with Gasteiger partial charge in [0, 0.05) is 25.3 Å². The molecule has 3 unspecified atom stereocenters. The Morgan fingerprint density at radius 1 is 1.37 bits per heavy atom. The molecule has 0 aliphatic heterocycles. The van der Waals surface area contributed by atoms with E-state index in [0.717, 1.165) is 25.0 Å². The molecule has 1 aromatic heterocycles. The molecule has 0 aromatic carbocycles. The Balaban J connectivity index is 2.59. The summed E-state index contributed by atoms with van der Waals surface area (Å²) in [5.74, 6) is 0. The number of hydrogen-bond acceptors (Lipinski definition) is 3. The van der Waals surface area contributed by atoms with E-state index in [2.05, 4.69) is 25.9 Å². The molecule has 4 heteroatoms. The van der Waals surface area contributed by atoms with Crippen LogP contribution in [0.15, 0.2) is 12.3 Å². The predicted molar refractivity (Wildman–Crippen MR) is 77.3 cm³/mol. The summed E-state index contributed by atoms with van der Waals surface area (Å²) in [7, 11) is 0. The van der Waals surface area contributed by atoms with Crippen molar-refractivity contribution in [3.8, 4) is 0 Å². The fraction of sp³-hybridized carbons (Fsp3) is 0.800. The summed E-state index contributed by atoms with van der Waals surface area (Å²) in [4.78, 5) is 0. The van der Waals surface area contributed by atoms with Crippen LogP contribution in [0.1, 0.15) is 58.7 Å². The molecular weight excluding hydrogens is 240 g/mol. The minimum absolute atomic E-state index is 0.0799. The molecule has 0 amide bonds. The van der Waals surface area contributed by atoms with Crippen molar-refractivity contribution in [3.05, 3.63) is 18.0 Å². The first kappa shape index (κ1) is 16.2. The second kappa shape index (κ2) is 8.33. The summed E-state index contributed by atoms with van der Waals surface area (Å²) in [5, 5.41) is 14.8. The van der Waals surface area contributed by atoms with Crippen molar-refractivity contribution in [1.82, 2.24) is 9.78 Å². The number of hydrogen-bond donors (Lipinski definition) is 1. The summed E-state index contributed by atoms with van der Waals surface area (Å²) < 4.78 is 7.58. The van der Waals surface area contributed by atoms with Gasteiger partial charge in [-0.1, -0.05) is 20.3 Å². The molecular formula is C15H28N2O2. The van der Waals surface area contributed by atoms with Gasteiger partial charge in [-0.15, -0.1) is 0 Å². The highest BCUT2D eigenvalue weighted by Crippen LogP contribution is 2.14. The van der Waals surface area contributed by atoms with Crippen LogP contribution in [0.25, 0.3) is 0 Å². The number of ether oxygens (including phenoxy) is 1. The van der Waals surface area contributed by atoms with Crippen molar-refractivity contribution in [2.45, 2.75) is 71.6 Å². The van der Waals surface area contributed by atoms with Gasteiger partial charge in [-0.2, -0.15) is 5.10 Å². The van der Waals surface area contributed by atoms with E-state index in [1.807, 2.05) is 23.9 Å². The smallest absolute Gasteiger partial charge is 0.0857 e. The lowest BCUT2D eigenvalue weighted by molar-refractivity contribution is -0.0367. The van der Waals surface area contributed by atoms with Crippen molar-refractivity contribution < 1.29 is 9.84 Å². The van der Waals surface area contributed by atoms with E-state index in [1.54, 1.807) is 0 Å². The summed E-state index contributed by atoms with van der Waals surface area (Å²) >= 11 is 0. The zero-order valence-electron chi connectivity index (χ0n) is 12.7. The molecule has 0 saturated heterocycles. The molecule has 3 atom stereocenters. The van der Waals surface area contributed by atoms with Crippen LogP contribution in [-0.4, -0.2) is 33.7 Å². The lowest BCUT2D eigenvalue weighted by Crippen LogP contribution is -2.31. The number of rotatable bonds is 9. The zero-order valence-corrected chi connectivity index (χ0v) is 12.7. The Morgan fingerprint density at radius 3 is 2.68 bits per heavy atom. The van der Waals surface area contributed by atoms with Gasteiger partial charge in [-0.25, -0.2) is 0 Å². The molecule has 0 spiro atoms. The minimum atomic E-state index is -0.472. The van der Waals surface area contributed by atoms with Gasteiger partial charge >= 0.3 is 0 Å². The average Bonchev–Trinajstić information content (AvgIpc) is 2.86. The number of nitrogens with zero attached hydrogens (tertiary/aromatic N) is 2. The van der Waals surface area contributed by atoms with Gasteiger partial charge in [0.25, 0.3) is 0 Å². The van der Waals surface area contributed by atoms with Gasteiger partial charge in [0.1, 0.15) is 0 Å². The van der Waals surface area contributed by atoms with Crippen LogP contribution in [0, 0.1) is 0 Å². The quantitative estimate of drug-likeness (QED) is 0.749. The minimum Gasteiger partial charge on any atom is -0.390 e. The third-order valence-electron chi connectivity index (χ3n) is 3.51. The Bertz CT molecular complexity index is 346. The molecule has 0 fully saturated rings. The van der Waals surface area contributed by atoms with Gasteiger partial charge < -0.3 is 9.84 Å². The molecule has 1 N–H and O–H groups in total. The first-order valence-electron chi connectivity index (χ1n) is 7.45. The molecule has 0 bridgehead atoms. The van der Waals surface area contributed by atoms with Crippen molar-refractivity contribution in [2.75, 3.05) is 6.61 Å². The summed E-state index contributed by atoms with van der Waals surface area (Å²) in [6.45, 7) is 9.01. The third-order valence-corrected chi connectivity index (χ3v) is 3.51. The fourth-order valence-corrected chi connectivity index (χ4v) is 2.15. The monoisotopic (exact) mass is 268 g/mol. The van der Waals surface area contributed by atoms with E-state index in [-0.39, 0.29) is 6.10 Å². The average molecular weight is 268 g/mol. The summed E-state index contributed by atoms with van der Waals surface area (Å²) in [6.07, 6.45) is 4.97. The molecule has 19 heavy (non-hydrogen) atoms. The Kier molecular flexibility index (Phi) is 7.10. The third kappa shape index (κ3) is 4.96. The molecule has 0 radical (unpaired) electrons. The first-order valence-corrected chi connectivity index (χ1v) is 7.45. The Hall–Kier alpha value is -0.870. The van der Waals surface area contributed by atoms with Crippen LogP contribution in [0.4, 0.5) is 0 Å². The second-order valence-corrected chi connectivity index (χ2v) is 5.10. The first-order chi connectivity index (χ1) is 9.12. The van der Waals surface area contributed by atoms with Crippen molar-refractivity contribution >= 4 is 0 Å². The topological polar surface area (TPSA) is 47.3 Å². The van der Waals surface area contributed by atoms with E-state index in [0.29, 0.717) is 19.1 Å². The van der Waals surface area contributed by atoms with Crippen LogP contribution in [-0.2, 0) is 11.2 Å². The van der Waals surface area contributed by atoms with E-state index in [9.17, 15) is 5.11 Å². The molecule has 0 aliphatic carbocycles. The Morgan fingerprint density at radius 2 is 2.11 bits per heavy atom. The van der Waals surface area contributed by atoms with Crippen LogP contribution >= 0.6 is 0 Å². The highest BCUT2D eigenvalue weighted by Gasteiger charge is 2.20. The molecule has 1 heterocycles. The van der Waals surface area contributed by atoms with E-state index in [4.69, 9.17) is 4.74 Å². The lowest BCUT2D eigenvalue weighted by atomic mass is 10.0. The normalized spacial score (nSPS) is 16.3. The highest BCUT2D eigenvalue weighted by molar-refractivity contribution is 5.02. The maximum Gasteiger partial charge on any atom is 0.0857 e. The maximum atomic E-state index is 10.3. The van der Waals surface area contributed by atoms with Gasteiger partial charge in [0.05, 0.1) is 17.9 Å². The van der Waals surface area contributed by atoms with Crippen molar-refractivity contribution in [1.29, 1.82) is 0 Å². The van der Waals surface area contributed by atoms with E-state index in [1.165, 1.54) is 0 Å². The molecule has 0 saturated carbocycles. The zero-order chi connectivity index (χ0) is 14.3. The number of aliphatic hydroxyl groups is 1. The fourth-order valence-electron chi connectivity index (χ4n) is 2.15. The molecule has 1 rings (SSSR count). The van der Waals surface area contributed by atoms with Crippen LogP contribution < -0.4 is 0 Å². The van der Waals surface area contributed by atoms with Crippen molar-refractivity contribution in [3.63, 3.8) is 0 Å². The standard InChI is InChI=1S/C15H28N2O2/c1-5-8-15(19-7-3)14(18)11-13-9-10-17(16-13)12(4)6-2/h9-10,12,14-15,18H,5-8,11H2,1-4H3. The van der Waals surface area contributed by atoms with E-state index >= 15 is 0 Å². The maximum absolute atomic E-state index is 10.3. The highest BCUT2D eigenvalue weighted by atomic mass is 16.5. The summed E-state index contributed by atoms with van der Waals surface area (Å²) in [5.41, 5.74) is 0.939.